The van der Waals surface area contributed by atoms with Crippen molar-refractivity contribution in [3.63, 3.8) is 0 Å². The highest BCUT2D eigenvalue weighted by Crippen LogP contribution is 2.34. The summed E-state index contributed by atoms with van der Waals surface area (Å²) < 4.78 is 1.01. The molecule has 0 amide bonds. The molecule has 1 fully saturated rings. The summed E-state index contributed by atoms with van der Waals surface area (Å²) in [4.78, 5) is 4.16. The summed E-state index contributed by atoms with van der Waals surface area (Å²) in [7, 11) is 0. The van der Waals surface area contributed by atoms with E-state index in [1.54, 1.807) is 6.20 Å². The molecule has 0 saturated heterocycles. The van der Waals surface area contributed by atoms with Crippen LogP contribution >= 0.6 is 15.9 Å². The Bertz CT molecular complexity index is 325. The molecule has 0 aromatic carbocycles. The zero-order chi connectivity index (χ0) is 10.7. The van der Waals surface area contributed by atoms with E-state index in [0.29, 0.717) is 0 Å². The summed E-state index contributed by atoms with van der Waals surface area (Å²) in [5.41, 5.74) is 4.05. The predicted octanol–water partition coefficient (Wildman–Crippen LogP) is 2.54. The topological polar surface area (TPSA) is 50.9 Å². The Balaban J connectivity index is 2.04. The molecule has 1 aromatic rings. The van der Waals surface area contributed by atoms with Gasteiger partial charge in [0.1, 0.15) is 0 Å². The molecule has 4 heteroatoms. The van der Waals surface area contributed by atoms with E-state index in [-0.39, 0.29) is 6.04 Å². The Morgan fingerprint density at radius 3 is 2.87 bits per heavy atom. The van der Waals surface area contributed by atoms with Crippen LogP contribution in [-0.2, 0) is 0 Å². The van der Waals surface area contributed by atoms with Crippen molar-refractivity contribution in [1.29, 1.82) is 0 Å². The van der Waals surface area contributed by atoms with Crippen molar-refractivity contribution in [2.24, 2.45) is 11.8 Å². The minimum Gasteiger partial charge on any atom is -0.271 e. The van der Waals surface area contributed by atoms with Crippen molar-refractivity contribution >= 4 is 15.9 Å². The molecule has 0 radical (unpaired) electrons. The van der Waals surface area contributed by atoms with E-state index in [2.05, 4.69) is 32.4 Å². The summed E-state index contributed by atoms with van der Waals surface area (Å²) in [5, 5.41) is 0. The molecule has 1 aliphatic rings. The average Bonchev–Trinajstić information content (AvgIpc) is 2.16. The Morgan fingerprint density at radius 2 is 2.33 bits per heavy atom. The second kappa shape index (κ2) is 5.05. The summed E-state index contributed by atoms with van der Waals surface area (Å²) in [6, 6.07) is 2.32. The maximum Gasteiger partial charge on any atom is 0.0478 e. The van der Waals surface area contributed by atoms with E-state index in [9.17, 15) is 0 Å². The standard InChI is InChI=1S/C11H16BrN3/c12-10-5-9(6-14-7-10)11(15-13)4-8-2-1-3-8/h5-8,11,15H,1-4,13H2. The normalized spacial score (nSPS) is 18.5. The zero-order valence-corrected chi connectivity index (χ0v) is 10.2. The molecule has 3 N–H and O–H groups in total. The van der Waals surface area contributed by atoms with Gasteiger partial charge in [0.05, 0.1) is 0 Å². The Hall–Kier alpha value is -0.450. The van der Waals surface area contributed by atoms with Gasteiger partial charge in [0, 0.05) is 22.9 Å². The monoisotopic (exact) mass is 269 g/mol. The number of nitrogens with two attached hydrogens (primary N) is 1. The first-order valence-corrected chi connectivity index (χ1v) is 6.15. The molecule has 1 saturated carbocycles. The van der Waals surface area contributed by atoms with Crippen molar-refractivity contribution in [2.45, 2.75) is 31.7 Å². The molecule has 3 nitrogen and oxygen atoms in total. The molecule has 0 spiro atoms. The zero-order valence-electron chi connectivity index (χ0n) is 8.62. The molecular weight excluding hydrogens is 254 g/mol. The van der Waals surface area contributed by atoms with Crippen molar-refractivity contribution in [2.75, 3.05) is 0 Å². The molecule has 1 atom stereocenters. The number of rotatable bonds is 4. The lowest BCUT2D eigenvalue weighted by Crippen LogP contribution is -2.31. The third kappa shape index (κ3) is 2.77. The van der Waals surface area contributed by atoms with E-state index in [0.717, 1.165) is 16.8 Å². The van der Waals surface area contributed by atoms with Gasteiger partial charge in [0.2, 0.25) is 0 Å². The van der Waals surface area contributed by atoms with Crippen molar-refractivity contribution in [3.8, 4) is 0 Å². The van der Waals surface area contributed by atoms with Crippen LogP contribution in [0.15, 0.2) is 22.9 Å². The van der Waals surface area contributed by atoms with E-state index in [1.807, 2.05) is 6.20 Å². The highest BCUT2D eigenvalue weighted by atomic mass is 79.9. The number of hydrogen-bond acceptors (Lipinski definition) is 3. The summed E-state index contributed by atoms with van der Waals surface area (Å²) in [6.45, 7) is 0. The number of hydrazine groups is 1. The second-order valence-electron chi connectivity index (χ2n) is 4.19. The highest BCUT2D eigenvalue weighted by Gasteiger charge is 2.22. The molecule has 1 unspecified atom stereocenters. The van der Waals surface area contributed by atoms with Crippen molar-refractivity contribution in [1.82, 2.24) is 10.4 Å². The Kier molecular flexibility index (Phi) is 3.72. The van der Waals surface area contributed by atoms with Crippen LogP contribution in [0.4, 0.5) is 0 Å². The van der Waals surface area contributed by atoms with E-state index >= 15 is 0 Å². The smallest absolute Gasteiger partial charge is 0.0478 e. The maximum atomic E-state index is 5.59. The Labute approximate surface area is 98.6 Å². The van der Waals surface area contributed by atoms with Gasteiger partial charge in [0.25, 0.3) is 0 Å². The number of aromatic nitrogens is 1. The van der Waals surface area contributed by atoms with Gasteiger partial charge in [-0.05, 0) is 39.9 Å². The molecule has 82 valence electrons. The van der Waals surface area contributed by atoms with Crippen LogP contribution in [0.1, 0.15) is 37.3 Å². The van der Waals surface area contributed by atoms with Crippen molar-refractivity contribution in [3.05, 3.63) is 28.5 Å². The van der Waals surface area contributed by atoms with Gasteiger partial charge in [-0.3, -0.25) is 16.3 Å². The number of hydrogen-bond donors (Lipinski definition) is 2. The molecule has 1 aromatic heterocycles. The van der Waals surface area contributed by atoms with Gasteiger partial charge in [-0.1, -0.05) is 19.3 Å². The van der Waals surface area contributed by atoms with E-state index < -0.39 is 0 Å². The van der Waals surface area contributed by atoms with Crippen LogP contribution in [0.2, 0.25) is 0 Å². The molecule has 0 aliphatic heterocycles. The lowest BCUT2D eigenvalue weighted by Gasteiger charge is -2.29. The number of nitrogens with zero attached hydrogens (tertiary/aromatic N) is 1. The van der Waals surface area contributed by atoms with Crippen LogP contribution in [0, 0.1) is 5.92 Å². The molecule has 15 heavy (non-hydrogen) atoms. The average molecular weight is 270 g/mol. The highest BCUT2D eigenvalue weighted by molar-refractivity contribution is 9.10. The minimum atomic E-state index is 0.236. The second-order valence-corrected chi connectivity index (χ2v) is 5.10. The molecular formula is C11H16BrN3. The van der Waals surface area contributed by atoms with E-state index in [4.69, 9.17) is 5.84 Å². The quantitative estimate of drug-likeness (QED) is 0.653. The van der Waals surface area contributed by atoms with Gasteiger partial charge in [0.15, 0.2) is 0 Å². The lowest BCUT2D eigenvalue weighted by atomic mass is 9.80. The molecule has 1 aliphatic carbocycles. The largest absolute Gasteiger partial charge is 0.271 e. The third-order valence-corrected chi connectivity index (χ3v) is 3.56. The summed E-state index contributed by atoms with van der Waals surface area (Å²) in [6.07, 6.45) is 8.86. The first kappa shape index (κ1) is 11.0. The van der Waals surface area contributed by atoms with Crippen LogP contribution in [0.5, 0.6) is 0 Å². The summed E-state index contributed by atoms with van der Waals surface area (Å²) in [5.74, 6) is 6.43. The molecule has 1 heterocycles. The van der Waals surface area contributed by atoms with Crippen LogP contribution < -0.4 is 11.3 Å². The maximum absolute atomic E-state index is 5.59. The number of pyridine rings is 1. The van der Waals surface area contributed by atoms with Crippen LogP contribution in [0.3, 0.4) is 0 Å². The van der Waals surface area contributed by atoms with Gasteiger partial charge in [-0.2, -0.15) is 0 Å². The Morgan fingerprint density at radius 1 is 1.53 bits per heavy atom. The first-order chi connectivity index (χ1) is 7.29. The fraction of sp³-hybridized carbons (Fsp3) is 0.545. The fourth-order valence-electron chi connectivity index (χ4n) is 1.98. The summed E-state index contributed by atoms with van der Waals surface area (Å²) >= 11 is 3.43. The van der Waals surface area contributed by atoms with Gasteiger partial charge in [-0.25, -0.2) is 0 Å². The minimum absolute atomic E-state index is 0.236. The van der Waals surface area contributed by atoms with Gasteiger partial charge in [-0.15, -0.1) is 0 Å². The third-order valence-electron chi connectivity index (χ3n) is 3.12. The molecule has 2 rings (SSSR count). The van der Waals surface area contributed by atoms with Crippen LogP contribution in [0.25, 0.3) is 0 Å². The predicted molar refractivity (Wildman–Crippen MR) is 64.0 cm³/mol. The van der Waals surface area contributed by atoms with E-state index in [1.165, 1.54) is 24.8 Å². The van der Waals surface area contributed by atoms with Gasteiger partial charge < -0.3 is 0 Å². The lowest BCUT2D eigenvalue weighted by molar-refractivity contribution is 0.261. The first-order valence-electron chi connectivity index (χ1n) is 5.36. The number of nitrogens with one attached hydrogen (secondary N) is 1. The molecule has 0 bridgehead atoms. The fourth-order valence-corrected chi connectivity index (χ4v) is 2.36. The number of halogens is 1. The van der Waals surface area contributed by atoms with Crippen LogP contribution in [-0.4, -0.2) is 4.98 Å². The van der Waals surface area contributed by atoms with Crippen molar-refractivity contribution < 1.29 is 0 Å². The van der Waals surface area contributed by atoms with Gasteiger partial charge >= 0.3 is 0 Å². The SMILES string of the molecule is NNC(CC1CCC1)c1cncc(Br)c1.